The van der Waals surface area contributed by atoms with Crippen LogP contribution in [0, 0.1) is 5.82 Å². The quantitative estimate of drug-likeness (QED) is 0.816. The van der Waals surface area contributed by atoms with Gasteiger partial charge in [0.1, 0.15) is 5.75 Å². The highest BCUT2D eigenvalue weighted by Crippen LogP contribution is 2.34. The molecule has 1 aromatic heterocycles. The second-order valence-electron chi connectivity index (χ2n) is 3.40. The number of halogens is 1. The lowest BCUT2D eigenvalue weighted by Crippen LogP contribution is -1.94. The predicted molar refractivity (Wildman–Crippen MR) is 62.7 cm³/mol. The van der Waals surface area contributed by atoms with E-state index in [4.69, 9.17) is 9.47 Å². The molecule has 0 fully saturated rings. The Labute approximate surface area is 98.8 Å². The molecule has 88 valence electrons. The number of methoxy groups -OCH3 is 2. The zero-order chi connectivity index (χ0) is 12.3. The largest absolute Gasteiger partial charge is 0.494 e. The summed E-state index contributed by atoms with van der Waals surface area (Å²) in [6.07, 6.45) is 3.14. The fourth-order valence-corrected chi connectivity index (χ4v) is 1.64. The molecule has 4 heteroatoms. The van der Waals surface area contributed by atoms with Gasteiger partial charge in [-0.15, -0.1) is 0 Å². The van der Waals surface area contributed by atoms with E-state index in [9.17, 15) is 4.39 Å². The van der Waals surface area contributed by atoms with Crippen LogP contribution in [0.3, 0.4) is 0 Å². The van der Waals surface area contributed by atoms with Crippen LogP contribution in [-0.2, 0) is 0 Å². The van der Waals surface area contributed by atoms with Gasteiger partial charge in [0.15, 0.2) is 11.6 Å². The highest BCUT2D eigenvalue weighted by atomic mass is 19.1. The zero-order valence-electron chi connectivity index (χ0n) is 9.61. The Morgan fingerprint density at radius 1 is 1.00 bits per heavy atom. The van der Waals surface area contributed by atoms with Crippen LogP contribution in [0.2, 0.25) is 0 Å². The first-order valence-corrected chi connectivity index (χ1v) is 5.08. The van der Waals surface area contributed by atoms with Crippen molar-refractivity contribution < 1.29 is 13.9 Å². The molecule has 1 aromatic carbocycles. The third kappa shape index (κ3) is 2.06. The van der Waals surface area contributed by atoms with E-state index in [0.717, 1.165) is 0 Å². The first-order valence-electron chi connectivity index (χ1n) is 5.08. The molecule has 2 rings (SSSR count). The van der Waals surface area contributed by atoms with Crippen molar-refractivity contribution in [3.05, 3.63) is 42.5 Å². The third-order valence-corrected chi connectivity index (χ3v) is 2.48. The van der Waals surface area contributed by atoms with Crippen LogP contribution in [0.25, 0.3) is 11.1 Å². The molecule has 0 radical (unpaired) electrons. The minimum absolute atomic E-state index is 0.210. The summed E-state index contributed by atoms with van der Waals surface area (Å²) in [5, 5.41) is 0. The van der Waals surface area contributed by atoms with Gasteiger partial charge in [-0.1, -0.05) is 12.1 Å². The molecule has 3 nitrogen and oxygen atoms in total. The average molecular weight is 233 g/mol. The lowest BCUT2D eigenvalue weighted by atomic mass is 10.1. The monoisotopic (exact) mass is 233 g/mol. The highest BCUT2D eigenvalue weighted by Gasteiger charge is 2.13. The van der Waals surface area contributed by atoms with Crippen LogP contribution in [0.5, 0.6) is 11.5 Å². The molecule has 0 aliphatic heterocycles. The van der Waals surface area contributed by atoms with Gasteiger partial charge in [-0.05, 0) is 12.1 Å². The topological polar surface area (TPSA) is 31.4 Å². The Morgan fingerprint density at radius 3 is 2.47 bits per heavy atom. The van der Waals surface area contributed by atoms with Crippen molar-refractivity contribution in [3.63, 3.8) is 0 Å². The molecule has 0 N–H and O–H groups in total. The molecule has 0 saturated heterocycles. The zero-order valence-corrected chi connectivity index (χ0v) is 9.61. The van der Waals surface area contributed by atoms with E-state index in [0.29, 0.717) is 16.9 Å². The summed E-state index contributed by atoms with van der Waals surface area (Å²) in [7, 11) is 2.96. The number of hydrogen-bond donors (Lipinski definition) is 0. The molecule has 0 unspecified atom stereocenters. The van der Waals surface area contributed by atoms with Crippen molar-refractivity contribution in [2.24, 2.45) is 0 Å². The van der Waals surface area contributed by atoms with Crippen molar-refractivity contribution in [2.75, 3.05) is 14.2 Å². The number of nitrogens with zero attached hydrogens (tertiary/aromatic N) is 1. The number of hydrogen-bond acceptors (Lipinski definition) is 3. The van der Waals surface area contributed by atoms with Gasteiger partial charge in [-0.25, -0.2) is 4.39 Å². The van der Waals surface area contributed by atoms with Gasteiger partial charge in [0, 0.05) is 17.3 Å². The maximum absolute atomic E-state index is 14.1. The van der Waals surface area contributed by atoms with Crippen LogP contribution in [0.15, 0.2) is 36.7 Å². The van der Waals surface area contributed by atoms with Crippen molar-refractivity contribution >= 4 is 0 Å². The first-order chi connectivity index (χ1) is 8.27. The Bertz CT molecular complexity index is 529. The maximum Gasteiger partial charge on any atom is 0.172 e. The number of ether oxygens (including phenoxy) is 2. The van der Waals surface area contributed by atoms with Gasteiger partial charge in [0.25, 0.3) is 0 Å². The third-order valence-electron chi connectivity index (χ3n) is 2.48. The van der Waals surface area contributed by atoms with Crippen molar-refractivity contribution in [2.45, 2.75) is 0 Å². The normalized spacial score (nSPS) is 10.1. The second-order valence-corrected chi connectivity index (χ2v) is 3.40. The van der Waals surface area contributed by atoms with Gasteiger partial charge in [0.05, 0.1) is 20.4 Å². The lowest BCUT2D eigenvalue weighted by molar-refractivity contribution is 0.387. The molecule has 0 amide bonds. The minimum Gasteiger partial charge on any atom is -0.494 e. The van der Waals surface area contributed by atoms with Crippen LogP contribution < -0.4 is 9.47 Å². The Morgan fingerprint density at radius 2 is 1.76 bits per heavy atom. The van der Waals surface area contributed by atoms with E-state index < -0.39 is 5.82 Å². The summed E-state index contributed by atoms with van der Waals surface area (Å²) in [6.45, 7) is 0. The molecule has 0 saturated carbocycles. The second kappa shape index (κ2) is 4.82. The average Bonchev–Trinajstić information content (AvgIpc) is 2.39. The molecule has 0 atom stereocenters. The van der Waals surface area contributed by atoms with Crippen molar-refractivity contribution in [1.29, 1.82) is 0 Å². The van der Waals surface area contributed by atoms with Crippen LogP contribution in [0.4, 0.5) is 4.39 Å². The Hall–Kier alpha value is -2.10. The molecule has 0 aliphatic carbocycles. The lowest BCUT2D eigenvalue weighted by Gasteiger charge is -2.10. The van der Waals surface area contributed by atoms with Gasteiger partial charge in [-0.3, -0.25) is 4.98 Å². The van der Waals surface area contributed by atoms with Crippen LogP contribution in [-0.4, -0.2) is 19.2 Å². The van der Waals surface area contributed by atoms with Gasteiger partial charge in [0.2, 0.25) is 0 Å². The molecule has 2 aromatic rings. The molecule has 0 spiro atoms. The Kier molecular flexibility index (Phi) is 3.23. The van der Waals surface area contributed by atoms with E-state index >= 15 is 0 Å². The number of pyridine rings is 1. The first kappa shape index (κ1) is 11.4. The minimum atomic E-state index is -0.403. The fourth-order valence-electron chi connectivity index (χ4n) is 1.64. The number of aromatic nitrogens is 1. The Balaban J connectivity index is 2.60. The van der Waals surface area contributed by atoms with E-state index in [1.165, 1.54) is 14.2 Å². The molecular weight excluding hydrogens is 221 g/mol. The number of benzene rings is 1. The van der Waals surface area contributed by atoms with E-state index in [2.05, 4.69) is 4.98 Å². The SMILES string of the molecule is COc1cnccc1-c1cccc(OC)c1F. The van der Waals surface area contributed by atoms with E-state index in [1.54, 1.807) is 36.7 Å². The molecule has 0 bridgehead atoms. The highest BCUT2D eigenvalue weighted by molar-refractivity contribution is 5.71. The summed E-state index contributed by atoms with van der Waals surface area (Å²) in [5.74, 6) is 0.334. The van der Waals surface area contributed by atoms with Crippen LogP contribution in [0.1, 0.15) is 0 Å². The molecule has 1 heterocycles. The van der Waals surface area contributed by atoms with Gasteiger partial charge in [-0.2, -0.15) is 0 Å². The van der Waals surface area contributed by atoms with E-state index in [-0.39, 0.29) is 5.75 Å². The summed E-state index contributed by atoms with van der Waals surface area (Å²) >= 11 is 0. The number of rotatable bonds is 3. The van der Waals surface area contributed by atoms with Gasteiger partial charge < -0.3 is 9.47 Å². The smallest absolute Gasteiger partial charge is 0.172 e. The van der Waals surface area contributed by atoms with Crippen molar-refractivity contribution in [3.8, 4) is 22.6 Å². The summed E-state index contributed by atoms with van der Waals surface area (Å²) < 4.78 is 24.2. The van der Waals surface area contributed by atoms with Crippen LogP contribution >= 0.6 is 0 Å². The van der Waals surface area contributed by atoms with Gasteiger partial charge >= 0.3 is 0 Å². The summed E-state index contributed by atoms with van der Waals surface area (Å²) in [4.78, 5) is 3.94. The summed E-state index contributed by atoms with van der Waals surface area (Å²) in [6, 6.07) is 6.69. The van der Waals surface area contributed by atoms with Crippen molar-refractivity contribution in [1.82, 2.24) is 4.98 Å². The maximum atomic E-state index is 14.1. The molecular formula is C13H12FNO2. The standard InChI is InChI=1S/C13H12FNO2/c1-16-11-5-3-4-10(13(11)14)9-6-7-15-8-12(9)17-2/h3-8H,1-2H3. The van der Waals surface area contributed by atoms with E-state index in [1.807, 2.05) is 0 Å². The molecule has 0 aliphatic rings. The fraction of sp³-hybridized carbons (Fsp3) is 0.154. The predicted octanol–water partition coefficient (Wildman–Crippen LogP) is 2.90. The molecule has 17 heavy (non-hydrogen) atoms. The summed E-state index contributed by atoms with van der Waals surface area (Å²) in [5.41, 5.74) is 1.09.